The molecule has 1 heterocycles. The van der Waals surface area contributed by atoms with Gasteiger partial charge in [-0.05, 0) is 60.2 Å². The topological polar surface area (TPSA) is 62.1 Å². The molecule has 2 atom stereocenters. The number of carbonyl (C=O) groups is 1. The molecule has 0 fully saturated rings. The number of ether oxygens (including phenoxy) is 1. The largest absolute Gasteiger partial charge is 0.489 e. The maximum absolute atomic E-state index is 13.5. The molecule has 1 aliphatic heterocycles. The number of carbonyl (C=O) groups excluding carboxylic acids is 1. The lowest BCUT2D eigenvalue weighted by molar-refractivity contribution is -0.116. The number of halogens is 1. The van der Waals surface area contributed by atoms with E-state index in [9.17, 15) is 10.1 Å². The number of nitrogens with zero attached hydrogens (tertiary/aromatic N) is 1. The van der Waals surface area contributed by atoms with Crippen LogP contribution < -0.4 is 10.1 Å². The van der Waals surface area contributed by atoms with Crippen LogP contribution in [0.2, 0.25) is 5.02 Å². The summed E-state index contributed by atoms with van der Waals surface area (Å²) < 4.78 is 5.93. The first kappa shape index (κ1) is 23.0. The number of hydrogen-bond donors (Lipinski definition) is 1. The fraction of sp³-hybridized carbons (Fsp3) is 0.200. The molecule has 0 aromatic heterocycles. The molecule has 2 aliphatic rings. The summed E-state index contributed by atoms with van der Waals surface area (Å²) in [5.74, 6) is 0.529. The number of allylic oxidation sites excluding steroid dienone is 4. The van der Waals surface area contributed by atoms with E-state index in [1.165, 1.54) is 0 Å². The molecule has 174 valence electrons. The number of rotatable bonds is 5. The standard InChI is InChI=1S/C30H25ClN2O2/c1-19-26(17-32)29(22-9-13-25(14-10-22)35-18-20-5-3-2-4-6-20)30-27(33-19)15-23(16-28(30)34)21-7-11-24(31)12-8-21/h2-14,23,29,33H,15-16,18H2,1H3/t23-,29-/m0/s1. The number of hydrogen-bond acceptors (Lipinski definition) is 4. The summed E-state index contributed by atoms with van der Waals surface area (Å²) in [7, 11) is 0. The van der Waals surface area contributed by atoms with Crippen LogP contribution in [0.4, 0.5) is 0 Å². The molecule has 0 saturated heterocycles. The average Bonchev–Trinajstić information content (AvgIpc) is 2.88. The first-order chi connectivity index (χ1) is 17.0. The van der Waals surface area contributed by atoms with E-state index in [2.05, 4.69) is 11.4 Å². The smallest absolute Gasteiger partial charge is 0.162 e. The Balaban J connectivity index is 1.42. The van der Waals surface area contributed by atoms with Crippen LogP contribution in [0.25, 0.3) is 0 Å². The molecule has 5 rings (SSSR count). The average molecular weight is 481 g/mol. The predicted molar refractivity (Wildman–Crippen MR) is 137 cm³/mol. The number of nitrogens with one attached hydrogen (secondary N) is 1. The Morgan fingerprint density at radius 2 is 1.66 bits per heavy atom. The summed E-state index contributed by atoms with van der Waals surface area (Å²) in [5.41, 5.74) is 6.10. The van der Waals surface area contributed by atoms with Gasteiger partial charge in [-0.25, -0.2) is 0 Å². The van der Waals surface area contributed by atoms with Crippen molar-refractivity contribution in [2.75, 3.05) is 0 Å². The van der Waals surface area contributed by atoms with Gasteiger partial charge in [-0.15, -0.1) is 0 Å². The van der Waals surface area contributed by atoms with Crippen LogP contribution in [0.15, 0.2) is 101 Å². The van der Waals surface area contributed by atoms with Crippen molar-refractivity contribution in [2.45, 2.75) is 38.2 Å². The van der Waals surface area contributed by atoms with Crippen molar-refractivity contribution >= 4 is 17.4 Å². The second kappa shape index (κ2) is 9.82. The molecule has 0 amide bonds. The van der Waals surface area contributed by atoms with E-state index in [1.807, 2.05) is 85.8 Å². The van der Waals surface area contributed by atoms with Crippen molar-refractivity contribution in [1.82, 2.24) is 5.32 Å². The third-order valence-corrected chi connectivity index (χ3v) is 7.00. The van der Waals surface area contributed by atoms with Gasteiger partial charge in [-0.1, -0.05) is 66.2 Å². The maximum atomic E-state index is 13.5. The zero-order chi connectivity index (χ0) is 24.4. The van der Waals surface area contributed by atoms with Crippen LogP contribution in [0.5, 0.6) is 5.75 Å². The summed E-state index contributed by atoms with van der Waals surface area (Å²) in [4.78, 5) is 13.5. The van der Waals surface area contributed by atoms with Gasteiger partial charge in [0.05, 0.1) is 17.6 Å². The van der Waals surface area contributed by atoms with Crippen molar-refractivity contribution in [3.05, 3.63) is 123 Å². The van der Waals surface area contributed by atoms with Crippen LogP contribution in [-0.2, 0) is 11.4 Å². The molecule has 0 unspecified atom stereocenters. The Kier molecular flexibility index (Phi) is 6.44. The third kappa shape index (κ3) is 4.73. The van der Waals surface area contributed by atoms with Gasteiger partial charge in [0.1, 0.15) is 12.4 Å². The predicted octanol–water partition coefficient (Wildman–Crippen LogP) is 6.80. The Hall–Kier alpha value is -3.81. The lowest BCUT2D eigenvalue weighted by atomic mass is 9.72. The molecule has 0 spiro atoms. The van der Waals surface area contributed by atoms with Gasteiger partial charge >= 0.3 is 0 Å². The van der Waals surface area contributed by atoms with Gasteiger partial charge in [0.25, 0.3) is 0 Å². The minimum absolute atomic E-state index is 0.0772. The molecule has 1 N–H and O–H groups in total. The summed E-state index contributed by atoms with van der Waals surface area (Å²) in [6.07, 6.45) is 1.13. The van der Waals surface area contributed by atoms with Crippen molar-refractivity contribution in [3.8, 4) is 11.8 Å². The number of benzene rings is 3. The monoisotopic (exact) mass is 480 g/mol. The molecule has 3 aromatic carbocycles. The highest BCUT2D eigenvalue weighted by atomic mass is 35.5. The van der Waals surface area contributed by atoms with E-state index < -0.39 is 0 Å². The Morgan fingerprint density at radius 1 is 0.971 bits per heavy atom. The third-order valence-electron chi connectivity index (χ3n) is 6.75. The van der Waals surface area contributed by atoms with E-state index in [-0.39, 0.29) is 17.6 Å². The van der Waals surface area contributed by atoms with Gasteiger partial charge < -0.3 is 10.1 Å². The molecule has 0 saturated carbocycles. The van der Waals surface area contributed by atoms with Gasteiger partial charge in [0, 0.05) is 28.4 Å². The molecule has 1 aliphatic carbocycles. The number of ketones is 1. The highest BCUT2D eigenvalue weighted by molar-refractivity contribution is 6.30. The Labute approximate surface area is 210 Å². The quantitative estimate of drug-likeness (QED) is 0.436. The molecule has 0 radical (unpaired) electrons. The molecular weight excluding hydrogens is 456 g/mol. The zero-order valence-corrected chi connectivity index (χ0v) is 20.2. The first-order valence-electron chi connectivity index (χ1n) is 11.7. The van der Waals surface area contributed by atoms with E-state index in [0.717, 1.165) is 33.8 Å². The Morgan fingerprint density at radius 3 is 2.34 bits per heavy atom. The maximum Gasteiger partial charge on any atom is 0.162 e. The highest BCUT2D eigenvalue weighted by Crippen LogP contribution is 2.45. The van der Waals surface area contributed by atoms with Crippen molar-refractivity contribution in [2.24, 2.45) is 0 Å². The van der Waals surface area contributed by atoms with Gasteiger partial charge in [-0.2, -0.15) is 5.26 Å². The SMILES string of the molecule is CC1=C(C#N)[C@H](c2ccc(OCc3ccccc3)cc2)C2=C(C[C@H](c3ccc(Cl)cc3)CC2=O)N1. The molecule has 0 bridgehead atoms. The van der Waals surface area contributed by atoms with E-state index in [1.54, 1.807) is 0 Å². The second-order valence-corrected chi connectivity index (χ2v) is 9.46. The summed E-state index contributed by atoms with van der Waals surface area (Å²) in [5, 5.41) is 14.0. The first-order valence-corrected chi connectivity index (χ1v) is 12.1. The van der Waals surface area contributed by atoms with Crippen LogP contribution in [0.3, 0.4) is 0 Å². The molecular formula is C30H25ClN2O2. The minimum atomic E-state index is -0.377. The van der Waals surface area contributed by atoms with Crippen molar-refractivity contribution in [3.63, 3.8) is 0 Å². The normalized spacial score (nSPS) is 19.6. The molecule has 4 nitrogen and oxygen atoms in total. The van der Waals surface area contributed by atoms with Gasteiger partial charge in [-0.3, -0.25) is 4.79 Å². The lowest BCUT2D eigenvalue weighted by Crippen LogP contribution is -2.33. The Bertz CT molecular complexity index is 1350. The van der Waals surface area contributed by atoms with E-state index in [4.69, 9.17) is 16.3 Å². The van der Waals surface area contributed by atoms with Crippen molar-refractivity contribution in [1.29, 1.82) is 5.26 Å². The van der Waals surface area contributed by atoms with Crippen LogP contribution in [-0.4, -0.2) is 5.78 Å². The fourth-order valence-electron chi connectivity index (χ4n) is 4.99. The number of dihydropyridines is 1. The summed E-state index contributed by atoms with van der Waals surface area (Å²) in [6, 6.07) is 27.8. The number of Topliss-reactive ketones (excluding diaryl/α,β-unsaturated/α-hetero) is 1. The summed E-state index contributed by atoms with van der Waals surface area (Å²) in [6.45, 7) is 2.39. The molecule has 5 heteroatoms. The van der Waals surface area contributed by atoms with Gasteiger partial charge in [0.15, 0.2) is 5.78 Å². The summed E-state index contributed by atoms with van der Waals surface area (Å²) >= 11 is 6.06. The molecule has 35 heavy (non-hydrogen) atoms. The number of nitriles is 1. The van der Waals surface area contributed by atoms with Gasteiger partial charge in [0.2, 0.25) is 0 Å². The fourth-order valence-corrected chi connectivity index (χ4v) is 5.11. The van der Waals surface area contributed by atoms with Crippen LogP contribution in [0, 0.1) is 11.3 Å². The van der Waals surface area contributed by atoms with E-state index in [0.29, 0.717) is 35.6 Å². The van der Waals surface area contributed by atoms with Crippen LogP contribution in [0.1, 0.15) is 48.3 Å². The highest BCUT2D eigenvalue weighted by Gasteiger charge is 2.38. The van der Waals surface area contributed by atoms with E-state index >= 15 is 0 Å². The molecule has 3 aromatic rings. The second-order valence-electron chi connectivity index (χ2n) is 9.02. The minimum Gasteiger partial charge on any atom is -0.489 e. The van der Waals surface area contributed by atoms with Crippen molar-refractivity contribution < 1.29 is 9.53 Å². The lowest BCUT2D eigenvalue weighted by Gasteiger charge is -2.35. The zero-order valence-electron chi connectivity index (χ0n) is 19.4. The van der Waals surface area contributed by atoms with Crippen LogP contribution >= 0.6 is 11.6 Å².